The fourth-order valence-electron chi connectivity index (χ4n) is 9.72. The van der Waals surface area contributed by atoms with Gasteiger partial charge in [0.05, 0.1) is 24.2 Å². The summed E-state index contributed by atoms with van der Waals surface area (Å²) in [7, 11) is 3.40. The highest BCUT2D eigenvalue weighted by Crippen LogP contribution is 2.39. The maximum Gasteiger partial charge on any atom is 0.246 e. The normalized spacial score (nSPS) is 22.6. The summed E-state index contributed by atoms with van der Waals surface area (Å²) in [6.45, 7) is 12.0. The summed E-state index contributed by atoms with van der Waals surface area (Å²) < 4.78 is 0. The number of amides is 6. The molecule has 6 rings (SSSR count). The average molecular weight is 870 g/mol. The third-order valence-corrected chi connectivity index (χ3v) is 13.7. The number of benzene rings is 2. The molecule has 2 aliphatic carbocycles. The summed E-state index contributed by atoms with van der Waals surface area (Å²) in [6.07, 6.45) is 7.59. The second-order valence-corrected chi connectivity index (χ2v) is 18.6. The van der Waals surface area contributed by atoms with Crippen molar-refractivity contribution in [2.75, 3.05) is 32.5 Å². The van der Waals surface area contributed by atoms with E-state index in [0.29, 0.717) is 38.8 Å². The zero-order valence-electron chi connectivity index (χ0n) is 38.6. The maximum absolute atomic E-state index is 14.0. The summed E-state index contributed by atoms with van der Waals surface area (Å²) in [5, 5.41) is 22.1. The zero-order valence-corrected chi connectivity index (χ0v) is 38.6. The number of fused-ring (bicyclic) bond motifs is 2. The van der Waals surface area contributed by atoms with Gasteiger partial charge in [0, 0.05) is 24.5 Å². The van der Waals surface area contributed by atoms with Crippen molar-refractivity contribution in [3.63, 3.8) is 0 Å². The van der Waals surface area contributed by atoms with E-state index in [-0.39, 0.29) is 59.4 Å². The molecule has 15 heteroatoms. The van der Waals surface area contributed by atoms with Crippen molar-refractivity contribution in [2.45, 2.75) is 154 Å². The van der Waals surface area contributed by atoms with Gasteiger partial charge in [0.1, 0.15) is 24.2 Å². The van der Waals surface area contributed by atoms with E-state index in [1.165, 1.54) is 0 Å². The van der Waals surface area contributed by atoms with Crippen LogP contribution in [0.4, 0.5) is 11.4 Å². The number of carbonyl (C=O) groups is 6. The van der Waals surface area contributed by atoms with Crippen LogP contribution in [0, 0.1) is 11.8 Å². The van der Waals surface area contributed by atoms with Gasteiger partial charge in [-0.2, -0.15) is 0 Å². The molecular weight excluding hydrogens is 799 g/mol. The fraction of sp³-hybridized carbons (Fsp3) is 0.625. The molecule has 2 aliphatic heterocycles. The van der Waals surface area contributed by atoms with E-state index < -0.39 is 36.3 Å². The van der Waals surface area contributed by atoms with Crippen molar-refractivity contribution in [2.24, 2.45) is 11.8 Å². The predicted molar refractivity (Wildman–Crippen MR) is 244 cm³/mol. The van der Waals surface area contributed by atoms with Crippen LogP contribution in [0.3, 0.4) is 0 Å². The first-order chi connectivity index (χ1) is 30.1. The Hall–Kier alpha value is -5.02. The average Bonchev–Trinajstić information content (AvgIpc) is 3.98. The van der Waals surface area contributed by atoms with Crippen LogP contribution in [-0.2, 0) is 41.6 Å². The van der Waals surface area contributed by atoms with Crippen LogP contribution in [-0.4, -0.2) is 109 Å². The van der Waals surface area contributed by atoms with Gasteiger partial charge in [0.2, 0.25) is 35.4 Å². The Kier molecular flexibility index (Phi) is 15.9. The highest BCUT2D eigenvalue weighted by Gasteiger charge is 2.42. The largest absolute Gasteiger partial charge is 0.355 e. The minimum absolute atomic E-state index is 0.149. The van der Waals surface area contributed by atoms with Crippen LogP contribution in [0.5, 0.6) is 0 Å². The molecule has 0 radical (unpaired) electrons. The first kappa shape index (κ1) is 47.5. The van der Waals surface area contributed by atoms with Gasteiger partial charge in [-0.05, 0) is 138 Å². The minimum atomic E-state index is -0.730. The number of nitrogens with zero attached hydrogens (tertiary/aromatic N) is 2. The second-order valence-electron chi connectivity index (χ2n) is 18.6. The number of carbonyl (C=O) groups excluding carboxylic acids is 6. The Morgan fingerprint density at radius 2 is 0.952 bits per heavy atom. The molecule has 7 N–H and O–H groups in total. The summed E-state index contributed by atoms with van der Waals surface area (Å²) in [5.74, 6) is -1.60. The van der Waals surface area contributed by atoms with E-state index >= 15 is 0 Å². The molecule has 4 aliphatic rings. The van der Waals surface area contributed by atoms with E-state index in [1.54, 1.807) is 37.7 Å². The summed E-state index contributed by atoms with van der Waals surface area (Å²) in [6, 6.07) is 8.34. The maximum atomic E-state index is 14.0. The summed E-state index contributed by atoms with van der Waals surface area (Å²) in [4.78, 5) is 84.6. The Bertz CT molecular complexity index is 1870. The first-order valence-corrected chi connectivity index (χ1v) is 23.3. The molecule has 0 saturated carbocycles. The number of likely N-dealkylation sites (tertiary alicyclic amines) is 2. The highest BCUT2D eigenvalue weighted by molar-refractivity contribution is 5.95. The lowest BCUT2D eigenvalue weighted by Gasteiger charge is -2.34. The predicted octanol–water partition coefficient (Wildman–Crippen LogP) is 3.90. The Balaban J connectivity index is 1.14. The summed E-state index contributed by atoms with van der Waals surface area (Å²) >= 11 is 0. The van der Waals surface area contributed by atoms with Crippen LogP contribution in [0.25, 0.3) is 0 Å². The van der Waals surface area contributed by atoms with E-state index in [4.69, 9.17) is 0 Å². The third-order valence-electron chi connectivity index (χ3n) is 13.7. The monoisotopic (exact) mass is 870 g/mol. The molecule has 2 aromatic carbocycles. The van der Waals surface area contributed by atoms with Crippen molar-refractivity contribution < 1.29 is 28.8 Å². The van der Waals surface area contributed by atoms with Crippen LogP contribution in [0.2, 0.25) is 0 Å². The molecule has 15 nitrogen and oxygen atoms in total. The van der Waals surface area contributed by atoms with Crippen molar-refractivity contribution in [3.8, 4) is 0 Å². The molecule has 4 unspecified atom stereocenters. The van der Waals surface area contributed by atoms with Crippen LogP contribution >= 0.6 is 0 Å². The molecule has 2 fully saturated rings. The van der Waals surface area contributed by atoms with E-state index in [2.05, 4.69) is 61.5 Å². The lowest BCUT2D eigenvalue weighted by molar-refractivity contribution is -0.142. The molecule has 6 amide bonds. The number of hydrogen-bond donors (Lipinski definition) is 7. The fourth-order valence-corrected chi connectivity index (χ4v) is 9.72. The van der Waals surface area contributed by atoms with Gasteiger partial charge in [0.15, 0.2) is 0 Å². The number of rotatable bonds is 16. The van der Waals surface area contributed by atoms with Crippen LogP contribution in [0.1, 0.15) is 127 Å². The molecule has 0 spiro atoms. The Morgan fingerprint density at radius 1 is 0.556 bits per heavy atom. The number of anilines is 2. The molecule has 344 valence electrons. The second kappa shape index (κ2) is 21.1. The third kappa shape index (κ3) is 10.7. The van der Waals surface area contributed by atoms with E-state index in [0.717, 1.165) is 72.2 Å². The van der Waals surface area contributed by atoms with Crippen molar-refractivity contribution in [1.82, 2.24) is 41.7 Å². The van der Waals surface area contributed by atoms with Crippen molar-refractivity contribution in [3.05, 3.63) is 58.7 Å². The molecule has 0 aromatic heterocycles. The number of nitrogens with one attached hydrogen (secondary N) is 7. The van der Waals surface area contributed by atoms with Gasteiger partial charge in [-0.1, -0.05) is 52.0 Å². The topological polar surface area (TPSA) is 193 Å². The Morgan fingerprint density at radius 3 is 1.32 bits per heavy atom. The highest BCUT2D eigenvalue weighted by atomic mass is 16.2. The van der Waals surface area contributed by atoms with Crippen LogP contribution < -0.4 is 37.2 Å². The molecule has 2 aromatic rings. The van der Waals surface area contributed by atoms with Gasteiger partial charge < -0.3 is 47.0 Å². The Labute approximate surface area is 373 Å². The van der Waals surface area contributed by atoms with Gasteiger partial charge in [0.25, 0.3) is 0 Å². The van der Waals surface area contributed by atoms with Crippen LogP contribution in [0.15, 0.2) is 36.4 Å². The van der Waals surface area contributed by atoms with Crippen molar-refractivity contribution >= 4 is 46.8 Å². The molecule has 8 atom stereocenters. The molecule has 63 heavy (non-hydrogen) atoms. The van der Waals surface area contributed by atoms with Gasteiger partial charge >= 0.3 is 0 Å². The molecule has 0 bridgehead atoms. The first-order valence-electron chi connectivity index (χ1n) is 23.3. The zero-order chi connectivity index (χ0) is 45.5. The standard InChI is InChI=1S/C48H71N9O6/c1-27(2)41(54-43(58)29(5)49-7)47(62)56-25-13-23-39(56)45(60)52-37-21-11-15-31-33(37)17-9-19-35(31)51-36-20-10-18-34-32(36)16-12-22-38(34)53-46(61)40-24-14-26-57(40)48(63)42(28(3)4)55-44(59)30(6)50-8/h9-10,17-20,27-30,37-42,49-51H,11-16,21-26H2,1-8H3,(H,52,60)(H,53,61)(H,54,58)(H,55,59)/t29?,30?,37-,38-,39+,40+,41?,42?/m1/s1. The lowest BCUT2D eigenvalue weighted by Crippen LogP contribution is -2.57. The van der Waals surface area contributed by atoms with E-state index in [9.17, 15) is 28.8 Å². The molecular formula is C48H71N9O6. The lowest BCUT2D eigenvalue weighted by atomic mass is 9.85. The quantitative estimate of drug-likeness (QED) is 0.131. The van der Waals surface area contributed by atoms with Crippen molar-refractivity contribution in [1.29, 1.82) is 0 Å². The molecule has 2 saturated heterocycles. The van der Waals surface area contributed by atoms with E-state index in [1.807, 2.05) is 39.8 Å². The smallest absolute Gasteiger partial charge is 0.246 e. The number of likely N-dealkylation sites (N-methyl/N-ethyl adjacent to an activating group) is 2. The SMILES string of the molecule is CNC(C)C(=O)NC(C(=O)N1CCC[C@H]1C(=O)N[C@@H]1CCCc2c(Nc3cccc4c3CCC[C@H]4NC(=O)[C@@H]3CCCN3C(=O)C(NC(=O)C(C)NC)C(C)C)cccc21)C(C)C. The molecule has 2 heterocycles. The van der Waals surface area contributed by atoms with Gasteiger partial charge in [-0.25, -0.2) is 0 Å². The van der Waals surface area contributed by atoms with Gasteiger partial charge in [-0.15, -0.1) is 0 Å². The minimum Gasteiger partial charge on any atom is -0.355 e. The summed E-state index contributed by atoms with van der Waals surface area (Å²) in [5.41, 5.74) is 6.37. The van der Waals surface area contributed by atoms with Gasteiger partial charge in [-0.3, -0.25) is 28.8 Å². The number of hydrogen-bond acceptors (Lipinski definition) is 9.